The Morgan fingerprint density at radius 3 is 2.70 bits per heavy atom. The zero-order valence-electron chi connectivity index (χ0n) is 11.8. The number of anilines is 1. The third kappa shape index (κ3) is 1.87. The third-order valence-electron chi connectivity index (χ3n) is 3.48. The molecule has 0 radical (unpaired) electrons. The van der Waals surface area contributed by atoms with Crippen molar-refractivity contribution in [1.29, 1.82) is 0 Å². The van der Waals surface area contributed by atoms with Crippen molar-refractivity contribution in [3.05, 3.63) is 41.7 Å². The van der Waals surface area contributed by atoms with Gasteiger partial charge in [0.25, 0.3) is 0 Å². The van der Waals surface area contributed by atoms with Crippen LogP contribution in [-0.4, -0.2) is 20.0 Å². The normalized spacial score (nSPS) is 10.9. The number of aromatic amines is 1. The summed E-state index contributed by atoms with van der Waals surface area (Å²) in [5, 5.41) is 11.6. The van der Waals surface area contributed by atoms with Gasteiger partial charge in [-0.1, -0.05) is 29.8 Å². The Balaban J connectivity index is 2.28. The molecule has 0 aliphatic heterocycles. The molecule has 5 nitrogen and oxygen atoms in total. The molecule has 3 N–H and O–H groups in total. The van der Waals surface area contributed by atoms with E-state index < -0.39 is 0 Å². The molecule has 20 heavy (non-hydrogen) atoms. The van der Waals surface area contributed by atoms with Gasteiger partial charge in [-0.15, -0.1) is 0 Å². The lowest BCUT2D eigenvalue weighted by molar-refractivity contribution is 0.782. The number of hydrogen-bond acceptors (Lipinski definition) is 3. The zero-order valence-corrected chi connectivity index (χ0v) is 11.8. The second-order valence-corrected chi connectivity index (χ2v) is 5.01. The number of nitrogen functional groups attached to an aromatic ring is 1. The second kappa shape index (κ2) is 4.52. The van der Waals surface area contributed by atoms with Crippen molar-refractivity contribution in [3.63, 3.8) is 0 Å². The molecule has 3 rings (SSSR count). The molecule has 0 unspecified atom stereocenters. The van der Waals surface area contributed by atoms with E-state index in [4.69, 9.17) is 5.73 Å². The second-order valence-electron chi connectivity index (χ2n) is 5.01. The van der Waals surface area contributed by atoms with Crippen molar-refractivity contribution in [3.8, 4) is 22.4 Å². The number of hydrogen-bond donors (Lipinski definition) is 2. The molecule has 5 heteroatoms. The molecule has 2 heterocycles. The van der Waals surface area contributed by atoms with Crippen molar-refractivity contribution >= 4 is 5.82 Å². The van der Waals surface area contributed by atoms with Crippen molar-refractivity contribution in [2.75, 3.05) is 5.73 Å². The minimum absolute atomic E-state index is 0.659. The lowest BCUT2D eigenvalue weighted by Gasteiger charge is -2.05. The first-order valence-corrected chi connectivity index (χ1v) is 6.47. The largest absolute Gasteiger partial charge is 0.383 e. The Labute approximate surface area is 117 Å². The van der Waals surface area contributed by atoms with Crippen LogP contribution < -0.4 is 5.73 Å². The molecule has 0 saturated carbocycles. The molecular weight excluding hydrogens is 250 g/mol. The Morgan fingerprint density at radius 2 is 2.05 bits per heavy atom. The van der Waals surface area contributed by atoms with E-state index in [0.717, 1.165) is 28.1 Å². The number of aryl methyl sites for hydroxylation is 3. The molecular formula is C15H17N5. The monoisotopic (exact) mass is 267 g/mol. The molecule has 1 aromatic carbocycles. The van der Waals surface area contributed by atoms with E-state index in [1.807, 2.05) is 20.0 Å². The molecule has 0 aliphatic rings. The first-order chi connectivity index (χ1) is 9.58. The van der Waals surface area contributed by atoms with Crippen molar-refractivity contribution in [1.82, 2.24) is 20.0 Å². The van der Waals surface area contributed by atoms with Crippen LogP contribution in [0.15, 0.2) is 30.5 Å². The Kier molecular flexibility index (Phi) is 2.82. The Bertz CT molecular complexity index is 766. The van der Waals surface area contributed by atoms with E-state index in [-0.39, 0.29) is 0 Å². The van der Waals surface area contributed by atoms with Crippen LogP contribution in [-0.2, 0) is 7.05 Å². The molecule has 3 aromatic rings. The van der Waals surface area contributed by atoms with Gasteiger partial charge in [0, 0.05) is 18.3 Å². The first kappa shape index (κ1) is 12.5. The van der Waals surface area contributed by atoms with Gasteiger partial charge in [0.15, 0.2) is 0 Å². The molecule has 0 fully saturated rings. The fourth-order valence-corrected chi connectivity index (χ4v) is 2.40. The maximum absolute atomic E-state index is 6.21. The van der Waals surface area contributed by atoms with Gasteiger partial charge in [0.2, 0.25) is 0 Å². The summed E-state index contributed by atoms with van der Waals surface area (Å²) in [7, 11) is 1.85. The van der Waals surface area contributed by atoms with E-state index in [1.165, 1.54) is 5.56 Å². The third-order valence-corrected chi connectivity index (χ3v) is 3.48. The number of nitrogens with two attached hydrogens (primary N) is 1. The van der Waals surface area contributed by atoms with Crippen molar-refractivity contribution in [2.24, 2.45) is 7.05 Å². The molecule has 0 amide bonds. The number of nitrogens with zero attached hydrogens (tertiary/aromatic N) is 3. The maximum atomic E-state index is 6.21. The van der Waals surface area contributed by atoms with Crippen molar-refractivity contribution < 1.29 is 0 Å². The minimum Gasteiger partial charge on any atom is -0.383 e. The lowest BCUT2D eigenvalue weighted by atomic mass is 10.00. The van der Waals surface area contributed by atoms with Crippen LogP contribution >= 0.6 is 0 Å². The van der Waals surface area contributed by atoms with Gasteiger partial charge in [0.1, 0.15) is 11.5 Å². The van der Waals surface area contributed by atoms with Gasteiger partial charge in [-0.2, -0.15) is 10.2 Å². The van der Waals surface area contributed by atoms with Crippen LogP contribution in [0.1, 0.15) is 11.3 Å². The van der Waals surface area contributed by atoms with Crippen LogP contribution in [0.5, 0.6) is 0 Å². The fraction of sp³-hybridized carbons (Fsp3) is 0.200. The summed E-state index contributed by atoms with van der Waals surface area (Å²) in [5.74, 6) is 0.659. The zero-order chi connectivity index (χ0) is 14.3. The number of benzene rings is 1. The summed E-state index contributed by atoms with van der Waals surface area (Å²) in [6.45, 7) is 4.05. The average Bonchev–Trinajstić information content (AvgIpc) is 2.94. The molecule has 2 aromatic heterocycles. The SMILES string of the molecule is Cc1cccc(-c2c(-c3cn[nH]c3C)nn(C)c2N)c1. The van der Waals surface area contributed by atoms with Crippen molar-refractivity contribution in [2.45, 2.75) is 13.8 Å². The average molecular weight is 267 g/mol. The topological polar surface area (TPSA) is 72.5 Å². The van der Waals surface area contributed by atoms with Crippen LogP contribution in [0.2, 0.25) is 0 Å². The van der Waals surface area contributed by atoms with Crippen LogP contribution in [0.3, 0.4) is 0 Å². The standard InChI is InChI=1S/C15H17N5/c1-9-5-4-6-11(7-9)13-14(19-20(3)15(13)16)12-8-17-18-10(12)2/h4-8H,16H2,1-3H3,(H,17,18). The minimum atomic E-state index is 0.659. The highest BCUT2D eigenvalue weighted by molar-refractivity contribution is 5.88. The van der Waals surface area contributed by atoms with Gasteiger partial charge in [-0.25, -0.2) is 0 Å². The number of aromatic nitrogens is 4. The predicted molar refractivity (Wildman–Crippen MR) is 80.1 cm³/mol. The van der Waals surface area contributed by atoms with Crippen LogP contribution in [0.25, 0.3) is 22.4 Å². The number of rotatable bonds is 2. The Hall–Kier alpha value is -2.56. The smallest absolute Gasteiger partial charge is 0.129 e. The van der Waals surface area contributed by atoms with E-state index >= 15 is 0 Å². The van der Waals surface area contributed by atoms with E-state index in [2.05, 4.69) is 40.4 Å². The molecule has 0 bridgehead atoms. The van der Waals surface area contributed by atoms with Gasteiger partial charge in [-0.3, -0.25) is 9.78 Å². The van der Waals surface area contributed by atoms with E-state index in [1.54, 1.807) is 10.9 Å². The summed E-state index contributed by atoms with van der Waals surface area (Å²) >= 11 is 0. The fourth-order valence-electron chi connectivity index (χ4n) is 2.40. The van der Waals surface area contributed by atoms with Gasteiger partial charge >= 0.3 is 0 Å². The molecule has 0 spiro atoms. The Morgan fingerprint density at radius 1 is 1.25 bits per heavy atom. The summed E-state index contributed by atoms with van der Waals surface area (Å²) in [6.07, 6.45) is 1.79. The quantitative estimate of drug-likeness (QED) is 0.749. The van der Waals surface area contributed by atoms with E-state index in [9.17, 15) is 0 Å². The van der Waals surface area contributed by atoms with Crippen LogP contribution in [0.4, 0.5) is 5.82 Å². The lowest BCUT2D eigenvalue weighted by Crippen LogP contribution is -1.98. The summed E-state index contributed by atoms with van der Waals surface area (Å²) in [6, 6.07) is 8.27. The highest BCUT2D eigenvalue weighted by Crippen LogP contribution is 2.36. The maximum Gasteiger partial charge on any atom is 0.129 e. The highest BCUT2D eigenvalue weighted by atomic mass is 15.3. The molecule has 0 aliphatic carbocycles. The summed E-state index contributed by atoms with van der Waals surface area (Å²) in [5.41, 5.74) is 12.3. The summed E-state index contributed by atoms with van der Waals surface area (Å²) in [4.78, 5) is 0. The van der Waals surface area contributed by atoms with Crippen LogP contribution in [0, 0.1) is 13.8 Å². The van der Waals surface area contributed by atoms with Gasteiger partial charge < -0.3 is 5.73 Å². The highest BCUT2D eigenvalue weighted by Gasteiger charge is 2.19. The van der Waals surface area contributed by atoms with Gasteiger partial charge in [-0.05, 0) is 19.4 Å². The first-order valence-electron chi connectivity index (χ1n) is 6.47. The van der Waals surface area contributed by atoms with Gasteiger partial charge in [0.05, 0.1) is 11.8 Å². The molecule has 0 saturated heterocycles. The summed E-state index contributed by atoms with van der Waals surface area (Å²) < 4.78 is 1.71. The number of H-pyrrole nitrogens is 1. The molecule has 102 valence electrons. The molecule has 0 atom stereocenters. The number of nitrogens with one attached hydrogen (secondary N) is 1. The van der Waals surface area contributed by atoms with E-state index in [0.29, 0.717) is 5.82 Å². The predicted octanol–water partition coefficient (Wildman–Crippen LogP) is 2.68.